The van der Waals surface area contributed by atoms with E-state index in [9.17, 15) is 4.79 Å². The van der Waals surface area contributed by atoms with Crippen molar-refractivity contribution >= 4 is 16.8 Å². The zero-order valence-corrected chi connectivity index (χ0v) is 12.5. The fraction of sp³-hybridized carbons (Fsp3) is 0.294. The molecule has 0 saturated heterocycles. The number of furan rings is 1. The Balaban J connectivity index is 2.05. The maximum atomic E-state index is 12.7. The van der Waals surface area contributed by atoms with Crippen LogP contribution in [0.25, 0.3) is 11.0 Å². The van der Waals surface area contributed by atoms with Gasteiger partial charge in [-0.3, -0.25) is 9.48 Å². The molecule has 1 aromatic carbocycles. The van der Waals surface area contributed by atoms with E-state index in [1.165, 1.54) is 0 Å². The smallest absolute Gasteiger partial charge is 0.246 e. The molecule has 0 fully saturated rings. The summed E-state index contributed by atoms with van der Waals surface area (Å²) in [6, 6.07) is 9.55. The van der Waals surface area contributed by atoms with Gasteiger partial charge in [0.1, 0.15) is 11.3 Å². The number of hydrogen-bond donors (Lipinski definition) is 0. The first-order valence-electron chi connectivity index (χ1n) is 7.24. The summed E-state index contributed by atoms with van der Waals surface area (Å²) in [7, 11) is 0. The first kappa shape index (κ1) is 13.6. The molecule has 0 spiro atoms. The quantitative estimate of drug-likeness (QED) is 0.685. The summed E-state index contributed by atoms with van der Waals surface area (Å²) < 4.78 is 7.43. The van der Waals surface area contributed by atoms with Gasteiger partial charge in [0.25, 0.3) is 0 Å². The molecular formula is C17H18N2O2. The summed E-state index contributed by atoms with van der Waals surface area (Å²) in [6.07, 6.45) is 0.812. The molecule has 2 aromatic heterocycles. The Kier molecular flexibility index (Phi) is 3.37. The van der Waals surface area contributed by atoms with E-state index in [4.69, 9.17) is 4.42 Å². The van der Waals surface area contributed by atoms with Crippen LogP contribution in [-0.4, -0.2) is 15.6 Å². The minimum absolute atomic E-state index is 0.113. The van der Waals surface area contributed by atoms with Gasteiger partial charge in [0, 0.05) is 11.9 Å². The highest BCUT2D eigenvalue weighted by atomic mass is 16.3. The number of hydrogen-bond acceptors (Lipinski definition) is 3. The van der Waals surface area contributed by atoms with E-state index in [1.807, 2.05) is 51.1 Å². The first-order valence-corrected chi connectivity index (χ1v) is 7.24. The second kappa shape index (κ2) is 5.20. The Hall–Kier alpha value is -2.36. The van der Waals surface area contributed by atoms with Crippen LogP contribution in [0.5, 0.6) is 0 Å². The third kappa shape index (κ3) is 2.37. The minimum Gasteiger partial charge on any atom is -0.453 e. The number of carbonyl (C=O) groups is 1. The highest BCUT2D eigenvalue weighted by Crippen LogP contribution is 2.23. The topological polar surface area (TPSA) is 48.0 Å². The normalized spacial score (nSPS) is 11.2. The van der Waals surface area contributed by atoms with Crippen LogP contribution in [0.1, 0.15) is 41.4 Å². The maximum Gasteiger partial charge on any atom is 0.246 e. The summed E-state index contributed by atoms with van der Waals surface area (Å²) in [4.78, 5) is 12.7. The van der Waals surface area contributed by atoms with E-state index in [1.54, 1.807) is 4.68 Å². The molecule has 21 heavy (non-hydrogen) atoms. The fourth-order valence-corrected chi connectivity index (χ4v) is 2.47. The average molecular weight is 282 g/mol. The van der Waals surface area contributed by atoms with Crippen LogP contribution < -0.4 is 0 Å². The largest absolute Gasteiger partial charge is 0.453 e. The lowest BCUT2D eigenvalue weighted by Crippen LogP contribution is -2.09. The molecule has 4 nitrogen and oxygen atoms in total. The molecule has 0 saturated carbocycles. The lowest BCUT2D eigenvalue weighted by atomic mass is 10.1. The highest BCUT2D eigenvalue weighted by Gasteiger charge is 2.19. The maximum absolute atomic E-state index is 12.7. The number of benzene rings is 1. The number of nitrogens with zero attached hydrogens (tertiary/aromatic N) is 2. The molecule has 0 aliphatic rings. The van der Waals surface area contributed by atoms with Crippen molar-refractivity contribution in [1.29, 1.82) is 0 Å². The highest BCUT2D eigenvalue weighted by molar-refractivity contribution is 6.08. The Morgan fingerprint density at radius 2 is 2.05 bits per heavy atom. The fourth-order valence-electron chi connectivity index (χ4n) is 2.47. The summed E-state index contributed by atoms with van der Waals surface area (Å²) in [5.41, 5.74) is 3.40. The van der Waals surface area contributed by atoms with Crippen molar-refractivity contribution in [3.8, 4) is 0 Å². The van der Waals surface area contributed by atoms with Crippen LogP contribution in [0, 0.1) is 6.92 Å². The first-order chi connectivity index (χ1) is 10.1. The molecule has 0 atom stereocenters. The Morgan fingerprint density at radius 1 is 1.24 bits per heavy atom. The number of fused-ring (bicyclic) bond motifs is 1. The second-order valence-electron chi connectivity index (χ2n) is 5.17. The van der Waals surface area contributed by atoms with Gasteiger partial charge in [-0.2, -0.15) is 5.10 Å². The number of rotatable bonds is 4. The Bertz CT molecular complexity index is 811. The van der Waals surface area contributed by atoms with Crippen LogP contribution in [0.2, 0.25) is 0 Å². The molecule has 3 rings (SSSR count). The minimum atomic E-state index is -0.113. The summed E-state index contributed by atoms with van der Waals surface area (Å²) in [6.45, 7) is 6.69. The second-order valence-corrected chi connectivity index (χ2v) is 5.17. The SMILES string of the molecule is CCc1cc(C(=O)c2cc3cc(C)ccc3o2)n(CC)n1. The van der Waals surface area contributed by atoms with Gasteiger partial charge in [0.05, 0.1) is 5.69 Å². The van der Waals surface area contributed by atoms with E-state index >= 15 is 0 Å². The lowest BCUT2D eigenvalue weighted by molar-refractivity contribution is 0.100. The molecule has 0 aliphatic carbocycles. The number of aryl methyl sites for hydroxylation is 3. The van der Waals surface area contributed by atoms with Crippen molar-refractivity contribution in [1.82, 2.24) is 9.78 Å². The van der Waals surface area contributed by atoms with Gasteiger partial charge in [0.15, 0.2) is 5.76 Å². The molecule has 0 N–H and O–H groups in total. The van der Waals surface area contributed by atoms with Crippen molar-refractivity contribution < 1.29 is 9.21 Å². The third-order valence-corrected chi connectivity index (χ3v) is 3.62. The zero-order chi connectivity index (χ0) is 15.0. The van der Waals surface area contributed by atoms with Crippen molar-refractivity contribution in [3.05, 3.63) is 53.0 Å². The van der Waals surface area contributed by atoms with Crippen LogP contribution in [0.3, 0.4) is 0 Å². The standard InChI is InChI=1S/C17H18N2O2/c1-4-13-10-14(19(5-2)18-13)17(20)16-9-12-8-11(3)6-7-15(12)21-16/h6-10H,4-5H2,1-3H3. The van der Waals surface area contributed by atoms with Crippen molar-refractivity contribution in [3.63, 3.8) is 0 Å². The van der Waals surface area contributed by atoms with E-state index in [0.29, 0.717) is 18.0 Å². The van der Waals surface area contributed by atoms with Gasteiger partial charge in [-0.15, -0.1) is 0 Å². The number of carbonyl (C=O) groups excluding carboxylic acids is 1. The van der Waals surface area contributed by atoms with Crippen LogP contribution in [0.15, 0.2) is 34.7 Å². The van der Waals surface area contributed by atoms with Crippen molar-refractivity contribution in [2.24, 2.45) is 0 Å². The van der Waals surface area contributed by atoms with E-state index in [2.05, 4.69) is 5.10 Å². The predicted octanol–water partition coefficient (Wildman–Crippen LogP) is 3.75. The molecule has 0 amide bonds. The molecule has 0 radical (unpaired) electrons. The van der Waals surface area contributed by atoms with E-state index < -0.39 is 0 Å². The molecule has 0 bridgehead atoms. The van der Waals surface area contributed by atoms with Gasteiger partial charge in [-0.25, -0.2) is 0 Å². The van der Waals surface area contributed by atoms with Gasteiger partial charge in [0.2, 0.25) is 5.78 Å². The van der Waals surface area contributed by atoms with Gasteiger partial charge >= 0.3 is 0 Å². The number of ketones is 1. The summed E-state index contributed by atoms with van der Waals surface area (Å²) in [5.74, 6) is 0.255. The van der Waals surface area contributed by atoms with E-state index in [-0.39, 0.29) is 5.78 Å². The molecule has 0 unspecified atom stereocenters. The van der Waals surface area contributed by atoms with Crippen LogP contribution in [-0.2, 0) is 13.0 Å². The molecule has 2 heterocycles. The Labute approximate surface area is 123 Å². The Morgan fingerprint density at radius 3 is 2.76 bits per heavy atom. The summed E-state index contributed by atoms with van der Waals surface area (Å²) >= 11 is 0. The van der Waals surface area contributed by atoms with E-state index in [0.717, 1.165) is 28.6 Å². The van der Waals surface area contributed by atoms with Crippen LogP contribution >= 0.6 is 0 Å². The number of aromatic nitrogens is 2. The molecular weight excluding hydrogens is 264 g/mol. The van der Waals surface area contributed by atoms with Gasteiger partial charge in [-0.05, 0) is 44.5 Å². The lowest BCUT2D eigenvalue weighted by Gasteiger charge is -2.00. The zero-order valence-electron chi connectivity index (χ0n) is 12.5. The third-order valence-electron chi connectivity index (χ3n) is 3.62. The van der Waals surface area contributed by atoms with Crippen molar-refractivity contribution in [2.75, 3.05) is 0 Å². The molecule has 0 aliphatic heterocycles. The molecule has 4 heteroatoms. The summed E-state index contributed by atoms with van der Waals surface area (Å²) in [5, 5.41) is 5.37. The average Bonchev–Trinajstić information content (AvgIpc) is 3.09. The van der Waals surface area contributed by atoms with Gasteiger partial charge < -0.3 is 4.42 Å². The van der Waals surface area contributed by atoms with Crippen molar-refractivity contribution in [2.45, 2.75) is 33.7 Å². The monoisotopic (exact) mass is 282 g/mol. The van der Waals surface area contributed by atoms with Crippen LogP contribution in [0.4, 0.5) is 0 Å². The molecule has 3 aromatic rings. The predicted molar refractivity (Wildman–Crippen MR) is 81.7 cm³/mol. The van der Waals surface area contributed by atoms with Gasteiger partial charge in [-0.1, -0.05) is 18.6 Å². The molecule has 108 valence electrons.